The van der Waals surface area contributed by atoms with Crippen LogP contribution in [-0.2, 0) is 19.8 Å². The van der Waals surface area contributed by atoms with Crippen molar-refractivity contribution >= 4 is 23.4 Å². The molecule has 0 spiro atoms. The Bertz CT molecular complexity index is 582. The molecule has 1 aromatic carbocycles. The molecular weight excluding hydrogens is 272 g/mol. The van der Waals surface area contributed by atoms with Gasteiger partial charge >= 0.3 is 0 Å². The Morgan fingerprint density at radius 1 is 1.33 bits per heavy atom. The van der Waals surface area contributed by atoms with E-state index in [4.69, 9.17) is 0 Å². The highest BCUT2D eigenvalue weighted by Gasteiger charge is 2.42. The number of rotatable bonds is 3. The lowest BCUT2D eigenvalue weighted by molar-refractivity contribution is -0.138. The van der Waals surface area contributed by atoms with Crippen LogP contribution in [0.15, 0.2) is 24.3 Å². The second-order valence-electron chi connectivity index (χ2n) is 5.19. The second-order valence-corrected chi connectivity index (χ2v) is 5.19. The standard InChI is InChI=1S/C15H18N2O4/c1-3-15(9-8-13(19)16-14(15)20)11-4-6-12(7-5-11)17(21)10(2)18/h4-7,21H,3,8-9H2,1-2H3,(H,16,19,20). The number of hydroxylamine groups is 1. The van der Waals surface area contributed by atoms with Crippen molar-refractivity contribution in [3.63, 3.8) is 0 Å². The van der Waals surface area contributed by atoms with Crippen molar-refractivity contribution in [1.82, 2.24) is 5.32 Å². The number of anilines is 1. The van der Waals surface area contributed by atoms with E-state index in [0.29, 0.717) is 30.0 Å². The Morgan fingerprint density at radius 2 is 1.95 bits per heavy atom. The summed E-state index contributed by atoms with van der Waals surface area (Å²) >= 11 is 0. The van der Waals surface area contributed by atoms with E-state index in [2.05, 4.69) is 5.32 Å². The molecule has 1 aliphatic rings. The molecule has 0 aromatic heterocycles. The van der Waals surface area contributed by atoms with Gasteiger partial charge in [-0.2, -0.15) is 5.06 Å². The Morgan fingerprint density at radius 3 is 2.43 bits per heavy atom. The van der Waals surface area contributed by atoms with Crippen LogP contribution in [0.2, 0.25) is 0 Å². The van der Waals surface area contributed by atoms with Gasteiger partial charge < -0.3 is 0 Å². The molecule has 1 saturated heterocycles. The number of hydrogen-bond acceptors (Lipinski definition) is 4. The normalized spacial score (nSPS) is 21.9. The van der Waals surface area contributed by atoms with Gasteiger partial charge in [-0.3, -0.25) is 24.9 Å². The minimum Gasteiger partial charge on any atom is -0.296 e. The molecule has 0 radical (unpaired) electrons. The first-order valence-corrected chi connectivity index (χ1v) is 6.85. The van der Waals surface area contributed by atoms with Gasteiger partial charge in [0.25, 0.3) is 0 Å². The van der Waals surface area contributed by atoms with Crippen LogP contribution in [0.3, 0.4) is 0 Å². The monoisotopic (exact) mass is 290 g/mol. The van der Waals surface area contributed by atoms with Gasteiger partial charge in [0, 0.05) is 13.3 Å². The summed E-state index contributed by atoms with van der Waals surface area (Å²) in [6.07, 6.45) is 1.34. The molecule has 1 aromatic rings. The summed E-state index contributed by atoms with van der Waals surface area (Å²) in [6.45, 7) is 3.15. The van der Waals surface area contributed by atoms with E-state index in [1.165, 1.54) is 6.92 Å². The SMILES string of the molecule is CCC1(c2ccc(N(O)C(C)=O)cc2)CCC(=O)NC1=O. The first-order valence-electron chi connectivity index (χ1n) is 6.85. The van der Waals surface area contributed by atoms with Crippen molar-refractivity contribution in [1.29, 1.82) is 0 Å². The fourth-order valence-corrected chi connectivity index (χ4v) is 2.67. The lowest BCUT2D eigenvalue weighted by Gasteiger charge is -2.35. The molecule has 0 bridgehead atoms. The van der Waals surface area contributed by atoms with Gasteiger partial charge in [0.05, 0.1) is 11.1 Å². The fraction of sp³-hybridized carbons (Fsp3) is 0.400. The zero-order valence-electron chi connectivity index (χ0n) is 12.0. The number of hydrogen-bond donors (Lipinski definition) is 2. The Labute approximate surface area is 122 Å². The average Bonchev–Trinajstić information content (AvgIpc) is 2.47. The van der Waals surface area contributed by atoms with E-state index in [-0.39, 0.29) is 11.8 Å². The van der Waals surface area contributed by atoms with Gasteiger partial charge in [-0.25, -0.2) is 0 Å². The van der Waals surface area contributed by atoms with Crippen LogP contribution >= 0.6 is 0 Å². The summed E-state index contributed by atoms with van der Waals surface area (Å²) < 4.78 is 0. The number of carbonyl (C=O) groups is 3. The molecule has 6 nitrogen and oxygen atoms in total. The number of amides is 3. The summed E-state index contributed by atoms with van der Waals surface area (Å²) in [6, 6.07) is 6.58. The summed E-state index contributed by atoms with van der Waals surface area (Å²) in [5, 5.41) is 12.5. The Balaban J connectivity index is 2.33. The number of benzene rings is 1. The van der Waals surface area contributed by atoms with Crippen molar-refractivity contribution in [2.45, 2.75) is 38.5 Å². The maximum absolute atomic E-state index is 12.2. The molecule has 1 aliphatic heterocycles. The molecule has 1 fully saturated rings. The van der Waals surface area contributed by atoms with E-state index >= 15 is 0 Å². The second kappa shape index (κ2) is 5.65. The quantitative estimate of drug-likeness (QED) is 0.502. The van der Waals surface area contributed by atoms with Crippen LogP contribution in [0.5, 0.6) is 0 Å². The number of imide groups is 1. The Kier molecular flexibility index (Phi) is 4.09. The molecule has 1 heterocycles. The largest absolute Gasteiger partial charge is 0.296 e. The molecule has 3 amide bonds. The van der Waals surface area contributed by atoms with Crippen LogP contribution < -0.4 is 10.4 Å². The molecule has 21 heavy (non-hydrogen) atoms. The van der Waals surface area contributed by atoms with Crippen LogP contribution in [0.1, 0.15) is 38.7 Å². The van der Waals surface area contributed by atoms with Crippen LogP contribution in [-0.4, -0.2) is 22.9 Å². The van der Waals surface area contributed by atoms with Crippen LogP contribution in [0.25, 0.3) is 0 Å². The fourth-order valence-electron chi connectivity index (χ4n) is 2.67. The maximum Gasteiger partial charge on any atom is 0.247 e. The number of carbonyl (C=O) groups excluding carboxylic acids is 3. The maximum atomic E-state index is 12.2. The third kappa shape index (κ3) is 2.67. The molecule has 1 unspecified atom stereocenters. The van der Waals surface area contributed by atoms with Gasteiger partial charge in [-0.1, -0.05) is 19.1 Å². The van der Waals surface area contributed by atoms with Gasteiger partial charge in [0.2, 0.25) is 17.7 Å². The van der Waals surface area contributed by atoms with Gasteiger partial charge in [0.1, 0.15) is 0 Å². The highest BCUT2D eigenvalue weighted by molar-refractivity contribution is 6.03. The molecule has 2 rings (SSSR count). The smallest absolute Gasteiger partial charge is 0.247 e. The summed E-state index contributed by atoms with van der Waals surface area (Å²) in [5.41, 5.74) is 0.378. The molecule has 6 heteroatoms. The molecule has 0 saturated carbocycles. The topological polar surface area (TPSA) is 86.7 Å². The lowest BCUT2D eigenvalue weighted by Crippen LogP contribution is -2.51. The van der Waals surface area contributed by atoms with Crippen molar-refractivity contribution in [3.05, 3.63) is 29.8 Å². The van der Waals surface area contributed by atoms with Gasteiger partial charge in [-0.15, -0.1) is 0 Å². The minimum atomic E-state index is -0.733. The predicted molar refractivity (Wildman–Crippen MR) is 75.7 cm³/mol. The van der Waals surface area contributed by atoms with Crippen molar-refractivity contribution in [2.75, 3.05) is 5.06 Å². The number of nitrogens with zero attached hydrogens (tertiary/aromatic N) is 1. The molecule has 2 N–H and O–H groups in total. The number of nitrogens with one attached hydrogen (secondary N) is 1. The van der Waals surface area contributed by atoms with Crippen molar-refractivity contribution in [2.24, 2.45) is 0 Å². The Hall–Kier alpha value is -2.21. The van der Waals surface area contributed by atoms with E-state index in [9.17, 15) is 19.6 Å². The highest BCUT2D eigenvalue weighted by atomic mass is 16.5. The zero-order chi connectivity index (χ0) is 15.6. The predicted octanol–water partition coefficient (Wildman–Crippen LogP) is 1.51. The van der Waals surface area contributed by atoms with Gasteiger partial charge in [0.15, 0.2) is 0 Å². The van der Waals surface area contributed by atoms with E-state index in [1.54, 1.807) is 24.3 Å². The van der Waals surface area contributed by atoms with Gasteiger partial charge in [-0.05, 0) is 30.5 Å². The van der Waals surface area contributed by atoms with Crippen molar-refractivity contribution < 1.29 is 19.6 Å². The third-order valence-corrected chi connectivity index (χ3v) is 4.03. The van der Waals surface area contributed by atoms with Crippen LogP contribution in [0.4, 0.5) is 5.69 Å². The first kappa shape index (κ1) is 15.2. The minimum absolute atomic E-state index is 0.251. The lowest BCUT2D eigenvalue weighted by atomic mass is 9.72. The van der Waals surface area contributed by atoms with Crippen LogP contribution in [0, 0.1) is 0 Å². The molecular formula is C15H18N2O4. The third-order valence-electron chi connectivity index (χ3n) is 4.03. The molecule has 0 aliphatic carbocycles. The number of piperidine rings is 1. The average molecular weight is 290 g/mol. The summed E-state index contributed by atoms with van der Waals surface area (Å²) in [4.78, 5) is 34.7. The molecule has 112 valence electrons. The highest BCUT2D eigenvalue weighted by Crippen LogP contribution is 2.36. The summed E-state index contributed by atoms with van der Waals surface area (Å²) in [7, 11) is 0. The zero-order valence-corrected chi connectivity index (χ0v) is 12.0. The molecule has 1 atom stereocenters. The van der Waals surface area contributed by atoms with Crippen molar-refractivity contribution in [3.8, 4) is 0 Å². The first-order chi connectivity index (χ1) is 9.90. The van der Waals surface area contributed by atoms with E-state index in [1.807, 2.05) is 6.92 Å². The van der Waals surface area contributed by atoms with E-state index in [0.717, 1.165) is 5.56 Å². The summed E-state index contributed by atoms with van der Waals surface area (Å²) in [5.74, 6) is -1.03. The van der Waals surface area contributed by atoms with E-state index < -0.39 is 11.3 Å².